The molecule has 19 heavy (non-hydrogen) atoms. The lowest BCUT2D eigenvalue weighted by molar-refractivity contribution is -0.132. The van der Waals surface area contributed by atoms with Crippen LogP contribution in [0.25, 0.3) is 0 Å². The topological polar surface area (TPSA) is 66.4 Å². The van der Waals surface area contributed by atoms with Crippen molar-refractivity contribution in [2.24, 2.45) is 0 Å². The number of benzene rings is 1. The Morgan fingerprint density at radius 3 is 2.16 bits per heavy atom. The molecule has 2 N–H and O–H groups in total. The van der Waals surface area contributed by atoms with E-state index in [1.165, 1.54) is 0 Å². The number of nitrogens with one attached hydrogen (secondary N) is 1. The molecule has 0 saturated heterocycles. The summed E-state index contributed by atoms with van der Waals surface area (Å²) in [7, 11) is 0. The van der Waals surface area contributed by atoms with Crippen molar-refractivity contribution in [3.8, 4) is 0 Å². The van der Waals surface area contributed by atoms with Crippen LogP contribution in [0.1, 0.15) is 18.5 Å². The molecule has 102 valence electrons. The molecule has 1 atom stereocenters. The quantitative estimate of drug-likeness (QED) is 0.836. The maximum Gasteiger partial charge on any atom is 0.349 e. The summed E-state index contributed by atoms with van der Waals surface area (Å²) in [5.74, 6) is -2.21. The van der Waals surface area contributed by atoms with Crippen LogP contribution in [0, 0.1) is 0 Å². The molecular formula is C12H10Cl3NO3. The molecule has 1 unspecified atom stereocenters. The Balaban J connectivity index is 2.80. The predicted molar refractivity (Wildman–Crippen MR) is 74.4 cm³/mol. The maximum absolute atomic E-state index is 11.7. The Kier molecular flexibility index (Phi) is 5.66. The third-order valence-corrected chi connectivity index (χ3v) is 3.36. The SMILES string of the molecule is CC(NC(=O)C(Cl)=C(Cl)C(=O)O)c1ccc(Cl)cc1. The van der Waals surface area contributed by atoms with Gasteiger partial charge in [0.2, 0.25) is 0 Å². The molecule has 1 aromatic rings. The van der Waals surface area contributed by atoms with E-state index in [0.29, 0.717) is 5.02 Å². The molecule has 0 fully saturated rings. The van der Waals surface area contributed by atoms with Crippen LogP contribution in [0.4, 0.5) is 0 Å². The predicted octanol–water partition coefficient (Wildman–Crippen LogP) is 3.29. The lowest BCUT2D eigenvalue weighted by Crippen LogP contribution is -2.27. The molecule has 0 radical (unpaired) electrons. The third kappa shape index (κ3) is 4.42. The molecule has 0 heterocycles. The second-order valence-electron chi connectivity index (χ2n) is 3.68. The fourth-order valence-electron chi connectivity index (χ4n) is 1.29. The van der Waals surface area contributed by atoms with Gasteiger partial charge in [-0.25, -0.2) is 4.79 Å². The monoisotopic (exact) mass is 321 g/mol. The lowest BCUT2D eigenvalue weighted by Gasteiger charge is -2.14. The molecule has 0 aliphatic carbocycles. The number of rotatable bonds is 4. The van der Waals surface area contributed by atoms with Gasteiger partial charge in [-0.2, -0.15) is 0 Å². The highest BCUT2D eigenvalue weighted by molar-refractivity contribution is 6.53. The second-order valence-corrected chi connectivity index (χ2v) is 4.87. The van der Waals surface area contributed by atoms with Gasteiger partial charge in [-0.1, -0.05) is 46.9 Å². The summed E-state index contributed by atoms with van der Waals surface area (Å²) in [6, 6.07) is 6.48. The summed E-state index contributed by atoms with van der Waals surface area (Å²) >= 11 is 16.7. The molecule has 1 aromatic carbocycles. The molecule has 0 aromatic heterocycles. The summed E-state index contributed by atoms with van der Waals surface area (Å²) in [4.78, 5) is 22.2. The minimum absolute atomic E-state index is 0.364. The van der Waals surface area contributed by atoms with Crippen LogP contribution >= 0.6 is 34.8 Å². The molecule has 7 heteroatoms. The average molecular weight is 323 g/mol. The van der Waals surface area contributed by atoms with Gasteiger partial charge in [0.25, 0.3) is 5.91 Å². The summed E-state index contributed by atoms with van der Waals surface area (Å²) < 4.78 is 0. The lowest BCUT2D eigenvalue weighted by atomic mass is 10.1. The van der Waals surface area contributed by atoms with E-state index in [0.717, 1.165) is 5.56 Å². The van der Waals surface area contributed by atoms with Crippen LogP contribution in [-0.2, 0) is 9.59 Å². The van der Waals surface area contributed by atoms with Gasteiger partial charge in [0.15, 0.2) is 0 Å². The fourth-order valence-corrected chi connectivity index (χ4v) is 1.64. The van der Waals surface area contributed by atoms with E-state index in [4.69, 9.17) is 39.9 Å². The Bertz CT molecular complexity index is 526. The first-order chi connectivity index (χ1) is 8.82. The zero-order valence-corrected chi connectivity index (χ0v) is 12.1. The van der Waals surface area contributed by atoms with Crippen molar-refractivity contribution in [2.45, 2.75) is 13.0 Å². The van der Waals surface area contributed by atoms with Gasteiger partial charge in [0, 0.05) is 5.02 Å². The Hall–Kier alpha value is -1.23. The van der Waals surface area contributed by atoms with Crippen LogP contribution in [-0.4, -0.2) is 17.0 Å². The van der Waals surface area contributed by atoms with Gasteiger partial charge < -0.3 is 10.4 Å². The second kappa shape index (κ2) is 6.80. The van der Waals surface area contributed by atoms with E-state index in [1.807, 2.05) is 0 Å². The minimum atomic E-state index is -1.46. The van der Waals surface area contributed by atoms with Crippen molar-refractivity contribution < 1.29 is 14.7 Å². The van der Waals surface area contributed by atoms with E-state index in [2.05, 4.69) is 5.32 Å². The van der Waals surface area contributed by atoms with E-state index in [-0.39, 0.29) is 6.04 Å². The zero-order valence-electron chi connectivity index (χ0n) is 9.78. The Morgan fingerprint density at radius 2 is 1.68 bits per heavy atom. The highest BCUT2D eigenvalue weighted by Gasteiger charge is 2.19. The van der Waals surface area contributed by atoms with Gasteiger partial charge in [0.1, 0.15) is 10.1 Å². The average Bonchev–Trinajstić information content (AvgIpc) is 2.37. The first-order valence-electron chi connectivity index (χ1n) is 5.17. The number of amides is 1. The summed E-state index contributed by atoms with van der Waals surface area (Å²) in [6.07, 6.45) is 0. The van der Waals surface area contributed by atoms with Crippen LogP contribution < -0.4 is 5.32 Å². The van der Waals surface area contributed by atoms with Gasteiger partial charge in [-0.05, 0) is 24.6 Å². The van der Waals surface area contributed by atoms with Crippen LogP contribution in [0.15, 0.2) is 34.3 Å². The van der Waals surface area contributed by atoms with Gasteiger partial charge >= 0.3 is 5.97 Å². The van der Waals surface area contributed by atoms with Crippen LogP contribution in [0.5, 0.6) is 0 Å². The smallest absolute Gasteiger partial charge is 0.349 e. The van der Waals surface area contributed by atoms with Crippen molar-refractivity contribution in [1.82, 2.24) is 5.32 Å². The van der Waals surface area contributed by atoms with Crippen molar-refractivity contribution in [3.63, 3.8) is 0 Å². The highest BCUT2D eigenvalue weighted by Crippen LogP contribution is 2.19. The van der Waals surface area contributed by atoms with Gasteiger partial charge in [-0.3, -0.25) is 4.79 Å². The van der Waals surface area contributed by atoms with Crippen molar-refractivity contribution in [1.29, 1.82) is 0 Å². The van der Waals surface area contributed by atoms with E-state index >= 15 is 0 Å². The number of hydrogen-bond donors (Lipinski definition) is 2. The van der Waals surface area contributed by atoms with Gasteiger partial charge in [0.05, 0.1) is 6.04 Å². The number of aliphatic carboxylic acids is 1. The number of carboxylic acids is 1. The molecule has 1 rings (SSSR count). The zero-order chi connectivity index (χ0) is 14.6. The molecule has 0 aliphatic heterocycles. The Labute approximate surface area is 125 Å². The van der Waals surface area contributed by atoms with Crippen molar-refractivity contribution in [2.75, 3.05) is 0 Å². The molecule has 0 aliphatic rings. The minimum Gasteiger partial charge on any atom is -0.477 e. The molecule has 0 spiro atoms. The summed E-state index contributed by atoms with van der Waals surface area (Å²) in [5.41, 5.74) is 0.800. The van der Waals surface area contributed by atoms with Crippen LogP contribution in [0.2, 0.25) is 5.02 Å². The number of carbonyl (C=O) groups excluding carboxylic acids is 1. The molecule has 4 nitrogen and oxygen atoms in total. The van der Waals surface area contributed by atoms with Gasteiger partial charge in [-0.15, -0.1) is 0 Å². The first kappa shape index (κ1) is 15.8. The first-order valence-corrected chi connectivity index (χ1v) is 6.31. The number of carbonyl (C=O) groups is 2. The normalized spacial score (nSPS) is 13.5. The van der Waals surface area contributed by atoms with E-state index < -0.39 is 21.9 Å². The highest BCUT2D eigenvalue weighted by atomic mass is 35.5. The number of carboxylic acid groups (broad SMARTS) is 1. The third-order valence-electron chi connectivity index (χ3n) is 2.30. The number of halogens is 3. The van der Waals surface area contributed by atoms with Crippen molar-refractivity contribution in [3.05, 3.63) is 44.9 Å². The largest absolute Gasteiger partial charge is 0.477 e. The number of hydrogen-bond acceptors (Lipinski definition) is 2. The molecule has 0 bridgehead atoms. The molecule has 0 saturated carbocycles. The fraction of sp³-hybridized carbons (Fsp3) is 0.167. The summed E-state index contributed by atoms with van der Waals surface area (Å²) in [5, 5.41) is 10.4. The van der Waals surface area contributed by atoms with E-state index in [1.54, 1.807) is 31.2 Å². The van der Waals surface area contributed by atoms with Crippen LogP contribution in [0.3, 0.4) is 0 Å². The standard InChI is InChI=1S/C12H10Cl3NO3/c1-6(7-2-4-8(13)5-3-7)16-11(17)9(14)10(15)12(18)19/h2-6H,1H3,(H,16,17)(H,18,19). The Morgan fingerprint density at radius 1 is 1.16 bits per heavy atom. The van der Waals surface area contributed by atoms with E-state index in [9.17, 15) is 9.59 Å². The molecular weight excluding hydrogens is 312 g/mol. The van der Waals surface area contributed by atoms with Crippen molar-refractivity contribution >= 4 is 46.7 Å². The molecule has 1 amide bonds. The maximum atomic E-state index is 11.7. The summed E-state index contributed by atoms with van der Waals surface area (Å²) in [6.45, 7) is 1.72.